The number of halogens is 1. The number of hydrogen-bond acceptors (Lipinski definition) is 3. The van der Waals surface area contributed by atoms with E-state index >= 15 is 0 Å². The van der Waals surface area contributed by atoms with E-state index in [2.05, 4.69) is 25.9 Å². The van der Waals surface area contributed by atoms with Crippen LogP contribution in [0.2, 0.25) is 0 Å². The lowest BCUT2D eigenvalue weighted by atomic mass is 10.2. The van der Waals surface area contributed by atoms with E-state index < -0.39 is 0 Å². The lowest BCUT2D eigenvalue weighted by Gasteiger charge is -2.01. The zero-order chi connectivity index (χ0) is 9.42. The second kappa shape index (κ2) is 2.85. The first-order valence-electron chi connectivity index (χ1n) is 3.62. The van der Waals surface area contributed by atoms with Crippen LogP contribution in [0.15, 0.2) is 27.6 Å². The Morgan fingerprint density at radius 3 is 3.08 bits per heavy atom. The van der Waals surface area contributed by atoms with Crippen LogP contribution >= 0.6 is 15.9 Å². The van der Waals surface area contributed by atoms with E-state index in [0.29, 0.717) is 15.8 Å². The Morgan fingerprint density at radius 1 is 1.54 bits per heavy atom. The molecule has 2 heterocycles. The SMILES string of the molecule is Nc1[nH]c(=O)c(Br)c2cccnc12. The van der Waals surface area contributed by atoms with Crippen LogP contribution in [-0.4, -0.2) is 9.97 Å². The lowest BCUT2D eigenvalue weighted by molar-refractivity contribution is 1.23. The van der Waals surface area contributed by atoms with Crippen molar-refractivity contribution in [1.29, 1.82) is 0 Å². The molecule has 0 saturated heterocycles. The number of nitrogen functional groups attached to an aromatic ring is 1. The van der Waals surface area contributed by atoms with Gasteiger partial charge in [0.1, 0.15) is 11.3 Å². The molecule has 4 nitrogen and oxygen atoms in total. The first-order valence-corrected chi connectivity index (χ1v) is 4.41. The van der Waals surface area contributed by atoms with Gasteiger partial charge in [-0.05, 0) is 28.1 Å². The van der Waals surface area contributed by atoms with Crippen molar-refractivity contribution in [2.75, 3.05) is 5.73 Å². The van der Waals surface area contributed by atoms with E-state index in [4.69, 9.17) is 5.73 Å². The molecule has 13 heavy (non-hydrogen) atoms. The number of hydrogen-bond donors (Lipinski definition) is 2. The van der Waals surface area contributed by atoms with Crippen LogP contribution in [0.4, 0.5) is 5.82 Å². The van der Waals surface area contributed by atoms with Crippen molar-refractivity contribution in [1.82, 2.24) is 9.97 Å². The van der Waals surface area contributed by atoms with Crippen LogP contribution in [-0.2, 0) is 0 Å². The van der Waals surface area contributed by atoms with Gasteiger partial charge < -0.3 is 10.7 Å². The highest BCUT2D eigenvalue weighted by molar-refractivity contribution is 9.10. The minimum Gasteiger partial charge on any atom is -0.383 e. The van der Waals surface area contributed by atoms with Gasteiger partial charge in [0.15, 0.2) is 0 Å². The largest absolute Gasteiger partial charge is 0.383 e. The second-order valence-electron chi connectivity index (χ2n) is 2.58. The van der Waals surface area contributed by atoms with Crippen molar-refractivity contribution in [2.24, 2.45) is 0 Å². The third-order valence-corrected chi connectivity index (χ3v) is 2.53. The van der Waals surface area contributed by atoms with Gasteiger partial charge in [-0.3, -0.25) is 9.78 Å². The summed E-state index contributed by atoms with van der Waals surface area (Å²) in [6.45, 7) is 0. The molecule has 0 atom stereocenters. The molecule has 0 amide bonds. The summed E-state index contributed by atoms with van der Waals surface area (Å²) in [5.41, 5.74) is 5.95. The van der Waals surface area contributed by atoms with Gasteiger partial charge in [-0.1, -0.05) is 0 Å². The monoisotopic (exact) mass is 239 g/mol. The number of fused-ring (bicyclic) bond motifs is 1. The van der Waals surface area contributed by atoms with Gasteiger partial charge >= 0.3 is 0 Å². The summed E-state index contributed by atoms with van der Waals surface area (Å²) in [5.74, 6) is 0.295. The molecule has 0 bridgehead atoms. The van der Waals surface area contributed by atoms with E-state index in [1.807, 2.05) is 0 Å². The Balaban J connectivity index is 3.06. The number of rotatable bonds is 0. The van der Waals surface area contributed by atoms with Gasteiger partial charge in [0.05, 0.1) is 4.47 Å². The van der Waals surface area contributed by atoms with Crippen LogP contribution in [0, 0.1) is 0 Å². The third-order valence-electron chi connectivity index (χ3n) is 1.75. The highest BCUT2D eigenvalue weighted by Crippen LogP contribution is 2.20. The molecular formula is C8H6BrN3O. The summed E-state index contributed by atoms with van der Waals surface area (Å²) >= 11 is 3.18. The zero-order valence-electron chi connectivity index (χ0n) is 6.54. The number of aromatic amines is 1. The number of H-pyrrole nitrogens is 1. The van der Waals surface area contributed by atoms with Crippen molar-refractivity contribution in [3.05, 3.63) is 33.2 Å². The fourth-order valence-electron chi connectivity index (χ4n) is 1.16. The van der Waals surface area contributed by atoms with Crippen molar-refractivity contribution in [2.45, 2.75) is 0 Å². The summed E-state index contributed by atoms with van der Waals surface area (Å²) in [7, 11) is 0. The number of pyridine rings is 2. The molecule has 2 aromatic heterocycles. The highest BCUT2D eigenvalue weighted by atomic mass is 79.9. The lowest BCUT2D eigenvalue weighted by Crippen LogP contribution is -2.10. The summed E-state index contributed by atoms with van der Waals surface area (Å²) in [5, 5.41) is 0.726. The molecule has 66 valence electrons. The first-order chi connectivity index (χ1) is 6.20. The summed E-state index contributed by atoms with van der Waals surface area (Å²) < 4.78 is 0.463. The van der Waals surface area contributed by atoms with Gasteiger partial charge in [-0.2, -0.15) is 0 Å². The number of aromatic nitrogens is 2. The third kappa shape index (κ3) is 1.21. The number of anilines is 1. The molecule has 0 aliphatic carbocycles. The van der Waals surface area contributed by atoms with Crippen LogP contribution in [0.3, 0.4) is 0 Å². The predicted molar refractivity (Wildman–Crippen MR) is 54.5 cm³/mol. The average Bonchev–Trinajstić information content (AvgIpc) is 2.15. The maximum atomic E-state index is 11.2. The number of nitrogens with one attached hydrogen (secondary N) is 1. The second-order valence-corrected chi connectivity index (χ2v) is 3.37. The van der Waals surface area contributed by atoms with E-state index in [0.717, 1.165) is 5.39 Å². The molecule has 0 aromatic carbocycles. The maximum absolute atomic E-state index is 11.2. The maximum Gasteiger partial charge on any atom is 0.264 e. The van der Waals surface area contributed by atoms with Crippen LogP contribution in [0.5, 0.6) is 0 Å². The number of nitrogens with two attached hydrogens (primary N) is 1. The Kier molecular flexibility index (Phi) is 1.81. The van der Waals surface area contributed by atoms with Crippen molar-refractivity contribution >= 4 is 32.7 Å². The standard InChI is InChI=1S/C8H6BrN3O/c9-5-4-2-1-3-11-6(4)7(10)12-8(5)13/h1-3H,(H3,10,12,13). The van der Waals surface area contributed by atoms with Crippen LogP contribution in [0.25, 0.3) is 10.9 Å². The molecule has 0 unspecified atom stereocenters. The van der Waals surface area contributed by atoms with E-state index in [9.17, 15) is 4.79 Å². The minimum atomic E-state index is -0.238. The smallest absolute Gasteiger partial charge is 0.264 e. The first kappa shape index (κ1) is 8.25. The molecule has 0 aliphatic rings. The van der Waals surface area contributed by atoms with Gasteiger partial charge in [0.2, 0.25) is 0 Å². The Hall–Kier alpha value is -1.36. The fraction of sp³-hybridized carbons (Fsp3) is 0. The average molecular weight is 240 g/mol. The summed E-state index contributed by atoms with van der Waals surface area (Å²) in [6.07, 6.45) is 1.63. The summed E-state index contributed by atoms with van der Waals surface area (Å²) in [4.78, 5) is 17.8. The van der Waals surface area contributed by atoms with Crippen molar-refractivity contribution < 1.29 is 0 Å². The molecule has 0 fully saturated rings. The van der Waals surface area contributed by atoms with Gasteiger partial charge in [-0.15, -0.1) is 0 Å². The number of nitrogens with zero attached hydrogens (tertiary/aromatic N) is 1. The predicted octanol–water partition coefficient (Wildman–Crippen LogP) is 1.27. The molecule has 3 N–H and O–H groups in total. The van der Waals surface area contributed by atoms with E-state index in [-0.39, 0.29) is 5.56 Å². The molecule has 0 radical (unpaired) electrons. The quantitative estimate of drug-likeness (QED) is 0.728. The van der Waals surface area contributed by atoms with E-state index in [1.165, 1.54) is 0 Å². The van der Waals surface area contributed by atoms with Gasteiger partial charge in [-0.25, -0.2) is 0 Å². The molecule has 5 heteroatoms. The van der Waals surface area contributed by atoms with Gasteiger partial charge in [0.25, 0.3) is 5.56 Å². The van der Waals surface area contributed by atoms with Crippen LogP contribution in [0.1, 0.15) is 0 Å². The fourth-order valence-corrected chi connectivity index (χ4v) is 1.57. The van der Waals surface area contributed by atoms with Crippen molar-refractivity contribution in [3.8, 4) is 0 Å². The highest BCUT2D eigenvalue weighted by Gasteiger charge is 2.06. The van der Waals surface area contributed by atoms with Gasteiger partial charge in [0, 0.05) is 11.6 Å². The summed E-state index contributed by atoms with van der Waals surface area (Å²) in [6, 6.07) is 3.55. The van der Waals surface area contributed by atoms with E-state index in [1.54, 1.807) is 18.3 Å². The molecular weight excluding hydrogens is 234 g/mol. The minimum absolute atomic E-state index is 0.238. The molecule has 2 aromatic rings. The molecule has 0 saturated carbocycles. The Labute approximate surface area is 81.9 Å². The zero-order valence-corrected chi connectivity index (χ0v) is 8.13. The normalized spacial score (nSPS) is 10.5. The van der Waals surface area contributed by atoms with Crippen molar-refractivity contribution in [3.63, 3.8) is 0 Å². The topological polar surface area (TPSA) is 71.8 Å². The van der Waals surface area contributed by atoms with Crippen LogP contribution < -0.4 is 11.3 Å². The molecule has 2 rings (SSSR count). The Bertz CT molecular complexity index is 520. The molecule has 0 spiro atoms. The molecule has 0 aliphatic heterocycles. The Morgan fingerprint density at radius 2 is 2.31 bits per heavy atom.